The first kappa shape index (κ1) is 26.1. The molecule has 0 aliphatic carbocycles. The van der Waals surface area contributed by atoms with E-state index in [0.717, 1.165) is 12.1 Å². The van der Waals surface area contributed by atoms with Crippen molar-refractivity contribution in [2.75, 3.05) is 23.8 Å². The molecule has 0 spiro atoms. The van der Waals surface area contributed by atoms with Crippen molar-refractivity contribution < 1.29 is 14.3 Å². The molecule has 5 rings (SSSR count). The van der Waals surface area contributed by atoms with Gasteiger partial charge in [0.1, 0.15) is 5.75 Å². The van der Waals surface area contributed by atoms with Crippen LogP contribution in [-0.2, 0) is 22.6 Å². The second-order valence-electron chi connectivity index (χ2n) is 8.42. The molecule has 2 amide bonds. The molecule has 0 radical (unpaired) electrons. The highest BCUT2D eigenvalue weighted by atomic mass is 35.5. The zero-order chi connectivity index (χ0) is 26.5. The van der Waals surface area contributed by atoms with E-state index in [1.165, 1.54) is 17.3 Å². The lowest BCUT2D eigenvalue weighted by atomic mass is 10.2. The first-order valence-corrected chi connectivity index (χ1v) is 13.6. The maximum absolute atomic E-state index is 13.1. The van der Waals surface area contributed by atoms with Crippen LogP contribution in [0.15, 0.2) is 78.0 Å². The van der Waals surface area contributed by atoms with Crippen molar-refractivity contribution in [1.29, 1.82) is 0 Å². The Balaban J connectivity index is 1.30. The minimum atomic E-state index is -0.311. The summed E-state index contributed by atoms with van der Waals surface area (Å²) in [6.07, 6.45) is 0.837. The molecule has 1 N–H and O–H groups in total. The fourth-order valence-corrected chi connectivity index (χ4v) is 5.23. The van der Waals surface area contributed by atoms with Gasteiger partial charge < -0.3 is 15.0 Å². The van der Waals surface area contributed by atoms with Gasteiger partial charge in [-0.3, -0.25) is 14.2 Å². The number of fused-ring (bicyclic) bond motifs is 1. The Morgan fingerprint density at radius 3 is 2.58 bits per heavy atom. The third-order valence-electron chi connectivity index (χ3n) is 5.93. The third-order valence-corrected chi connectivity index (χ3v) is 7.58. The molecule has 0 fully saturated rings. The molecular weight excluding hydrogens is 545 g/mol. The highest BCUT2D eigenvalue weighted by molar-refractivity contribution is 7.99. The predicted molar refractivity (Wildman–Crippen MR) is 148 cm³/mol. The van der Waals surface area contributed by atoms with E-state index in [9.17, 15) is 9.59 Å². The van der Waals surface area contributed by atoms with Crippen molar-refractivity contribution in [3.05, 3.63) is 94.2 Å². The number of aromatic nitrogens is 3. The van der Waals surface area contributed by atoms with Crippen LogP contribution in [0.5, 0.6) is 5.75 Å². The average Bonchev–Trinajstić information content (AvgIpc) is 3.56. The smallest absolute Gasteiger partial charge is 0.258 e. The number of hydrogen-bond donors (Lipinski definition) is 1. The van der Waals surface area contributed by atoms with Crippen LogP contribution >= 0.6 is 35.0 Å². The number of ether oxygens (including phenoxy) is 1. The topological polar surface area (TPSA) is 89.3 Å². The van der Waals surface area contributed by atoms with E-state index in [-0.39, 0.29) is 30.7 Å². The summed E-state index contributed by atoms with van der Waals surface area (Å²) in [6, 6.07) is 22.2. The van der Waals surface area contributed by atoms with Crippen molar-refractivity contribution in [3.63, 3.8) is 0 Å². The number of halogens is 2. The monoisotopic (exact) mass is 567 g/mol. The summed E-state index contributed by atoms with van der Waals surface area (Å²) in [7, 11) is 0. The van der Waals surface area contributed by atoms with Crippen LogP contribution in [0.25, 0.3) is 5.69 Å². The Bertz CT molecular complexity index is 1460. The summed E-state index contributed by atoms with van der Waals surface area (Å²) >= 11 is 13.7. The van der Waals surface area contributed by atoms with Crippen molar-refractivity contribution in [2.45, 2.75) is 18.1 Å². The molecule has 0 saturated carbocycles. The molecule has 0 atom stereocenters. The van der Waals surface area contributed by atoms with E-state index >= 15 is 0 Å². The first-order valence-electron chi connectivity index (χ1n) is 11.8. The molecule has 3 aromatic carbocycles. The van der Waals surface area contributed by atoms with Gasteiger partial charge in [-0.15, -0.1) is 10.2 Å². The maximum atomic E-state index is 13.1. The van der Waals surface area contributed by atoms with Gasteiger partial charge in [0.05, 0.1) is 28.0 Å². The number of thioether (sulfide) groups is 1. The minimum Gasteiger partial charge on any atom is -0.484 e. The number of nitrogens with zero attached hydrogens (tertiary/aromatic N) is 4. The fraction of sp³-hybridized carbons (Fsp3) is 0.185. The summed E-state index contributed by atoms with van der Waals surface area (Å²) < 4.78 is 7.27. The summed E-state index contributed by atoms with van der Waals surface area (Å²) in [4.78, 5) is 27.3. The molecule has 194 valence electrons. The molecule has 8 nitrogen and oxygen atoms in total. The van der Waals surface area contributed by atoms with E-state index in [1.54, 1.807) is 39.8 Å². The Hall–Kier alpha value is -3.53. The molecule has 1 aliphatic heterocycles. The van der Waals surface area contributed by atoms with E-state index in [1.807, 2.05) is 42.5 Å². The number of carbonyl (C=O) groups is 2. The van der Waals surface area contributed by atoms with Gasteiger partial charge in [0, 0.05) is 12.2 Å². The van der Waals surface area contributed by atoms with Gasteiger partial charge >= 0.3 is 0 Å². The number of anilines is 1. The van der Waals surface area contributed by atoms with Crippen molar-refractivity contribution >= 4 is 52.5 Å². The van der Waals surface area contributed by atoms with Gasteiger partial charge in [-0.2, -0.15) is 0 Å². The largest absolute Gasteiger partial charge is 0.484 e. The lowest BCUT2D eigenvalue weighted by molar-refractivity contribution is -0.123. The van der Waals surface area contributed by atoms with E-state index in [4.69, 9.17) is 27.9 Å². The summed E-state index contributed by atoms with van der Waals surface area (Å²) in [5.74, 6) is 0.917. The zero-order valence-electron chi connectivity index (χ0n) is 20.1. The second-order valence-corrected chi connectivity index (χ2v) is 10.2. The fourth-order valence-electron chi connectivity index (χ4n) is 4.09. The maximum Gasteiger partial charge on any atom is 0.258 e. The molecule has 11 heteroatoms. The van der Waals surface area contributed by atoms with Crippen molar-refractivity contribution in [3.8, 4) is 11.4 Å². The molecule has 38 heavy (non-hydrogen) atoms. The molecule has 1 aromatic heterocycles. The number of carbonyl (C=O) groups excluding carboxylic acids is 2. The Morgan fingerprint density at radius 1 is 0.974 bits per heavy atom. The Morgan fingerprint density at radius 2 is 1.76 bits per heavy atom. The van der Waals surface area contributed by atoms with E-state index < -0.39 is 0 Å². The Labute approximate surface area is 233 Å². The highest BCUT2D eigenvalue weighted by Gasteiger charge is 2.25. The van der Waals surface area contributed by atoms with Crippen LogP contribution in [-0.4, -0.2) is 45.5 Å². The van der Waals surface area contributed by atoms with E-state index in [2.05, 4.69) is 15.5 Å². The van der Waals surface area contributed by atoms with Gasteiger partial charge in [0.2, 0.25) is 5.91 Å². The highest BCUT2D eigenvalue weighted by Crippen LogP contribution is 2.31. The van der Waals surface area contributed by atoms with Crippen molar-refractivity contribution in [2.24, 2.45) is 0 Å². The number of hydrogen-bond acceptors (Lipinski definition) is 6. The molecule has 0 saturated heterocycles. The summed E-state index contributed by atoms with van der Waals surface area (Å²) in [5, 5.41) is 12.7. The molecule has 2 heterocycles. The minimum absolute atomic E-state index is 0.0171. The van der Waals surface area contributed by atoms with Gasteiger partial charge in [0.15, 0.2) is 17.6 Å². The summed E-state index contributed by atoms with van der Waals surface area (Å²) in [5.41, 5.74) is 2.78. The first-order chi connectivity index (χ1) is 18.5. The van der Waals surface area contributed by atoms with Crippen LogP contribution in [0.4, 0.5) is 5.69 Å². The van der Waals surface area contributed by atoms with Gasteiger partial charge in [-0.05, 0) is 48.4 Å². The number of para-hydroxylation sites is 2. The zero-order valence-corrected chi connectivity index (χ0v) is 22.5. The van der Waals surface area contributed by atoms with Crippen LogP contribution in [0.1, 0.15) is 11.4 Å². The SMILES string of the molecule is O=C(COc1ccccc1)NCc1nnc(SCC(=O)N2CCc3ccccc32)n1-c1ccc(Cl)c(Cl)c1. The van der Waals surface area contributed by atoms with Gasteiger partial charge in [-0.25, -0.2) is 0 Å². The van der Waals surface area contributed by atoms with Crippen LogP contribution in [0.3, 0.4) is 0 Å². The molecule has 0 bridgehead atoms. The normalized spacial score (nSPS) is 12.3. The summed E-state index contributed by atoms with van der Waals surface area (Å²) in [6.45, 7) is 0.608. The van der Waals surface area contributed by atoms with Crippen LogP contribution < -0.4 is 15.0 Å². The number of rotatable bonds is 9. The molecule has 0 unspecified atom stereocenters. The lowest BCUT2D eigenvalue weighted by Gasteiger charge is -2.17. The lowest BCUT2D eigenvalue weighted by Crippen LogP contribution is -2.30. The standard InChI is InChI=1S/C27H23Cl2N5O3S/c28-21-11-10-19(14-22(21)29)34-24(15-30-25(35)16-37-20-7-2-1-3-8-20)31-32-27(34)38-17-26(36)33-13-12-18-6-4-5-9-23(18)33/h1-11,14H,12-13,15-17H2,(H,30,35). The Kier molecular flexibility index (Phi) is 8.17. The van der Waals surface area contributed by atoms with Crippen molar-refractivity contribution in [1.82, 2.24) is 20.1 Å². The molecule has 1 aliphatic rings. The van der Waals surface area contributed by atoms with Crippen LogP contribution in [0.2, 0.25) is 10.0 Å². The average molecular weight is 568 g/mol. The molecule has 4 aromatic rings. The van der Waals surface area contributed by atoms with E-state index in [0.29, 0.717) is 39.0 Å². The number of benzene rings is 3. The number of nitrogens with one attached hydrogen (secondary N) is 1. The van der Waals surface area contributed by atoms with Gasteiger partial charge in [0.25, 0.3) is 5.91 Å². The predicted octanol–water partition coefficient (Wildman–Crippen LogP) is 4.95. The second kappa shape index (κ2) is 11.9. The van der Waals surface area contributed by atoms with Crippen LogP contribution in [0, 0.1) is 0 Å². The van der Waals surface area contributed by atoms with Gasteiger partial charge in [-0.1, -0.05) is 71.4 Å². The molecular formula is C27H23Cl2N5O3S. The quantitative estimate of drug-likeness (QED) is 0.288. The third kappa shape index (κ3) is 5.96. The number of amides is 2.